The van der Waals surface area contributed by atoms with Crippen LogP contribution in [-0.2, 0) is 11.3 Å². The molecule has 0 aliphatic heterocycles. The molecule has 0 saturated carbocycles. The van der Waals surface area contributed by atoms with E-state index in [1.54, 1.807) is 17.7 Å². The van der Waals surface area contributed by atoms with Gasteiger partial charge in [0.25, 0.3) is 0 Å². The molecule has 0 fully saturated rings. The monoisotopic (exact) mass is 217 g/mol. The molecule has 1 aromatic heterocycles. The number of fused-ring (bicyclic) bond motifs is 1. The fourth-order valence-corrected chi connectivity index (χ4v) is 1.36. The average Bonchev–Trinajstić information content (AvgIpc) is 2.69. The molecule has 0 atom stereocenters. The molecule has 0 aliphatic rings. The van der Waals surface area contributed by atoms with E-state index in [0.717, 1.165) is 11.0 Å². The second-order valence-corrected chi connectivity index (χ2v) is 3.45. The summed E-state index contributed by atoms with van der Waals surface area (Å²) >= 11 is 0. The highest BCUT2D eigenvalue weighted by molar-refractivity contribution is 5.85. The summed E-state index contributed by atoms with van der Waals surface area (Å²) in [6.07, 6.45) is 1.61. The molecular weight excluding hydrogens is 206 g/mol. The lowest BCUT2D eigenvalue weighted by atomic mass is 10.3. The topological polar surface area (TPSA) is 68.0 Å². The van der Waals surface area contributed by atoms with Crippen LogP contribution in [0.4, 0.5) is 0 Å². The van der Waals surface area contributed by atoms with Gasteiger partial charge in [0, 0.05) is 5.57 Å². The lowest BCUT2D eigenvalue weighted by Gasteiger charge is -1.97. The molecule has 2 rings (SSSR count). The molecular formula is C11H11N3O2. The molecule has 0 saturated heterocycles. The molecule has 5 heteroatoms. The molecule has 16 heavy (non-hydrogen) atoms. The highest BCUT2D eigenvalue weighted by Gasteiger charge is 2.03. The Morgan fingerprint density at radius 3 is 3.00 bits per heavy atom. The van der Waals surface area contributed by atoms with E-state index in [0.29, 0.717) is 12.1 Å². The summed E-state index contributed by atoms with van der Waals surface area (Å²) in [5.74, 6) is -0.913. The van der Waals surface area contributed by atoms with Gasteiger partial charge in [0.2, 0.25) is 0 Å². The lowest BCUT2D eigenvalue weighted by Crippen LogP contribution is -2.02. The summed E-state index contributed by atoms with van der Waals surface area (Å²) in [4.78, 5) is 10.6. The zero-order valence-corrected chi connectivity index (χ0v) is 8.79. The molecule has 5 nitrogen and oxygen atoms in total. The standard InChI is InChI=1S/C11H11N3O2/c1-8(11(15)16)6-7-14-10-5-3-2-4-9(10)12-13-14/h2-6H,7H2,1H3,(H,15,16). The van der Waals surface area contributed by atoms with Gasteiger partial charge in [0.1, 0.15) is 5.52 Å². The summed E-state index contributed by atoms with van der Waals surface area (Å²) in [6, 6.07) is 7.56. The maximum absolute atomic E-state index is 10.6. The van der Waals surface area contributed by atoms with E-state index in [-0.39, 0.29) is 0 Å². The predicted molar refractivity (Wildman–Crippen MR) is 58.9 cm³/mol. The summed E-state index contributed by atoms with van der Waals surface area (Å²) in [5.41, 5.74) is 2.01. The van der Waals surface area contributed by atoms with Crippen LogP contribution in [-0.4, -0.2) is 26.1 Å². The predicted octanol–water partition coefficient (Wildman–Crippen LogP) is 1.46. The normalized spacial score (nSPS) is 11.9. The first-order valence-corrected chi connectivity index (χ1v) is 4.87. The van der Waals surface area contributed by atoms with Crippen LogP contribution in [0.5, 0.6) is 0 Å². The average molecular weight is 217 g/mol. The van der Waals surface area contributed by atoms with Crippen LogP contribution in [0, 0.1) is 0 Å². The van der Waals surface area contributed by atoms with Crippen LogP contribution in [0.3, 0.4) is 0 Å². The van der Waals surface area contributed by atoms with Crippen molar-refractivity contribution >= 4 is 17.0 Å². The second kappa shape index (κ2) is 4.14. The largest absolute Gasteiger partial charge is 0.478 e. The number of carboxylic acids is 1. The highest BCUT2D eigenvalue weighted by atomic mass is 16.4. The molecule has 82 valence electrons. The fourth-order valence-electron chi connectivity index (χ4n) is 1.36. The molecule has 0 unspecified atom stereocenters. The van der Waals surface area contributed by atoms with E-state index < -0.39 is 5.97 Å². The van der Waals surface area contributed by atoms with Crippen LogP contribution in [0.2, 0.25) is 0 Å². The maximum atomic E-state index is 10.6. The van der Waals surface area contributed by atoms with E-state index >= 15 is 0 Å². The van der Waals surface area contributed by atoms with Crippen molar-refractivity contribution in [1.29, 1.82) is 0 Å². The lowest BCUT2D eigenvalue weighted by molar-refractivity contribution is -0.132. The van der Waals surface area contributed by atoms with Gasteiger partial charge >= 0.3 is 5.97 Å². The third kappa shape index (κ3) is 1.93. The van der Waals surface area contributed by atoms with Crippen molar-refractivity contribution < 1.29 is 9.90 Å². The Morgan fingerprint density at radius 2 is 2.25 bits per heavy atom. The van der Waals surface area contributed by atoms with Gasteiger partial charge in [0.05, 0.1) is 12.1 Å². The zero-order chi connectivity index (χ0) is 11.5. The number of aromatic nitrogens is 3. The number of aliphatic carboxylic acids is 1. The number of allylic oxidation sites excluding steroid dienone is 1. The number of carbonyl (C=O) groups is 1. The summed E-state index contributed by atoms with van der Waals surface area (Å²) in [7, 11) is 0. The number of benzene rings is 1. The minimum Gasteiger partial charge on any atom is -0.478 e. The summed E-state index contributed by atoms with van der Waals surface area (Å²) in [5, 5.41) is 16.6. The van der Waals surface area contributed by atoms with Crippen molar-refractivity contribution in [1.82, 2.24) is 15.0 Å². The summed E-state index contributed by atoms with van der Waals surface area (Å²) in [6.45, 7) is 1.97. The van der Waals surface area contributed by atoms with Crippen molar-refractivity contribution in [2.75, 3.05) is 0 Å². The molecule has 1 heterocycles. The van der Waals surface area contributed by atoms with Gasteiger partial charge in [-0.3, -0.25) is 0 Å². The molecule has 0 amide bonds. The number of carboxylic acid groups (broad SMARTS) is 1. The molecule has 2 aromatic rings. The van der Waals surface area contributed by atoms with Crippen LogP contribution >= 0.6 is 0 Å². The van der Waals surface area contributed by atoms with Crippen LogP contribution in [0.25, 0.3) is 11.0 Å². The van der Waals surface area contributed by atoms with Crippen LogP contribution in [0.1, 0.15) is 6.92 Å². The van der Waals surface area contributed by atoms with E-state index in [1.165, 1.54) is 0 Å². The first-order valence-electron chi connectivity index (χ1n) is 4.87. The number of rotatable bonds is 3. The van der Waals surface area contributed by atoms with E-state index in [2.05, 4.69) is 10.3 Å². The number of nitrogens with zero attached hydrogens (tertiary/aromatic N) is 3. The highest BCUT2D eigenvalue weighted by Crippen LogP contribution is 2.09. The third-order valence-electron chi connectivity index (χ3n) is 2.33. The van der Waals surface area contributed by atoms with E-state index in [9.17, 15) is 4.79 Å². The van der Waals surface area contributed by atoms with Gasteiger partial charge in [-0.15, -0.1) is 5.10 Å². The van der Waals surface area contributed by atoms with Gasteiger partial charge in [-0.05, 0) is 19.1 Å². The van der Waals surface area contributed by atoms with E-state index in [1.807, 2.05) is 24.3 Å². The molecule has 0 radical (unpaired) electrons. The van der Waals surface area contributed by atoms with Crippen LogP contribution < -0.4 is 0 Å². The van der Waals surface area contributed by atoms with Crippen molar-refractivity contribution in [3.63, 3.8) is 0 Å². The Balaban J connectivity index is 2.28. The Bertz CT molecular complexity index is 557. The molecule has 1 N–H and O–H groups in total. The molecule has 0 spiro atoms. The van der Waals surface area contributed by atoms with Gasteiger partial charge in [-0.25, -0.2) is 9.48 Å². The van der Waals surface area contributed by atoms with Gasteiger partial charge < -0.3 is 5.11 Å². The Labute approximate surface area is 92.0 Å². The van der Waals surface area contributed by atoms with Gasteiger partial charge in [-0.2, -0.15) is 0 Å². The minimum atomic E-state index is -0.913. The van der Waals surface area contributed by atoms with Crippen LogP contribution in [0.15, 0.2) is 35.9 Å². The molecule has 0 aliphatic carbocycles. The number of hydrogen-bond donors (Lipinski definition) is 1. The van der Waals surface area contributed by atoms with Crippen molar-refractivity contribution in [2.24, 2.45) is 0 Å². The molecule has 1 aromatic carbocycles. The molecule has 0 bridgehead atoms. The maximum Gasteiger partial charge on any atom is 0.331 e. The van der Waals surface area contributed by atoms with Gasteiger partial charge in [0.15, 0.2) is 0 Å². The minimum absolute atomic E-state index is 0.305. The van der Waals surface area contributed by atoms with E-state index in [4.69, 9.17) is 5.11 Å². The fraction of sp³-hybridized carbons (Fsp3) is 0.182. The SMILES string of the molecule is CC(=CCn1nnc2ccccc21)C(=O)O. The van der Waals surface area contributed by atoms with Crippen molar-refractivity contribution in [3.8, 4) is 0 Å². The smallest absolute Gasteiger partial charge is 0.331 e. The first-order chi connectivity index (χ1) is 7.68. The Morgan fingerprint density at radius 1 is 1.50 bits per heavy atom. The Kier molecular flexibility index (Phi) is 2.68. The number of hydrogen-bond acceptors (Lipinski definition) is 3. The quantitative estimate of drug-likeness (QED) is 0.790. The Hall–Kier alpha value is -2.17. The van der Waals surface area contributed by atoms with Crippen molar-refractivity contribution in [3.05, 3.63) is 35.9 Å². The third-order valence-corrected chi connectivity index (χ3v) is 2.33. The summed E-state index contributed by atoms with van der Waals surface area (Å²) < 4.78 is 1.67. The first kappa shape index (κ1) is 10.4. The van der Waals surface area contributed by atoms with Gasteiger partial charge in [-0.1, -0.05) is 23.4 Å². The zero-order valence-electron chi connectivity index (χ0n) is 8.79. The van der Waals surface area contributed by atoms with Crippen molar-refractivity contribution in [2.45, 2.75) is 13.5 Å². The number of para-hydroxylation sites is 1. The second-order valence-electron chi connectivity index (χ2n) is 3.45.